The van der Waals surface area contributed by atoms with Gasteiger partial charge in [-0.2, -0.15) is 0 Å². The Morgan fingerprint density at radius 2 is 1.42 bits per heavy atom. The summed E-state index contributed by atoms with van der Waals surface area (Å²) >= 11 is 0. The molecule has 1 N–H and O–H groups in total. The summed E-state index contributed by atoms with van der Waals surface area (Å²) in [6.07, 6.45) is 2.54. The van der Waals surface area contributed by atoms with E-state index in [1.807, 2.05) is 25.1 Å². The second-order valence-electron chi connectivity index (χ2n) is 11.4. The molecule has 2 saturated carbocycles. The molecule has 1 heterocycles. The molecule has 3 amide bonds. The summed E-state index contributed by atoms with van der Waals surface area (Å²) in [5.41, 5.74) is 2.65. The topological polar surface area (TPSA) is 119 Å². The maximum absolute atomic E-state index is 13.6. The molecular formula is C34H32N2O7. The van der Waals surface area contributed by atoms with Crippen LogP contribution in [0.1, 0.15) is 58.4 Å². The van der Waals surface area contributed by atoms with E-state index in [2.05, 4.69) is 17.4 Å². The number of imide groups is 1. The molecule has 6 rings (SSSR count). The average Bonchev–Trinajstić information content (AvgIpc) is 3.70. The van der Waals surface area contributed by atoms with E-state index in [9.17, 15) is 24.0 Å². The lowest BCUT2D eigenvalue weighted by Crippen LogP contribution is -2.33. The number of carbonyl (C=O) groups excluding carboxylic acids is 5. The minimum atomic E-state index is -0.713. The van der Waals surface area contributed by atoms with Crippen molar-refractivity contribution in [1.29, 1.82) is 0 Å². The highest BCUT2D eigenvalue weighted by Gasteiger charge is 2.64. The number of anilines is 2. The van der Waals surface area contributed by atoms with Gasteiger partial charge in [0.05, 0.1) is 35.3 Å². The van der Waals surface area contributed by atoms with Crippen LogP contribution in [0, 0.1) is 23.7 Å². The Morgan fingerprint density at radius 3 is 2.09 bits per heavy atom. The van der Waals surface area contributed by atoms with Gasteiger partial charge >= 0.3 is 11.9 Å². The number of esters is 2. The number of amides is 3. The predicted octanol–water partition coefficient (Wildman–Crippen LogP) is 4.98. The number of carbonyl (C=O) groups is 5. The van der Waals surface area contributed by atoms with Crippen LogP contribution in [0.15, 0.2) is 78.9 Å². The number of nitrogens with zero attached hydrogens (tertiary/aromatic N) is 1. The predicted molar refractivity (Wildman–Crippen MR) is 157 cm³/mol. The maximum atomic E-state index is 13.6. The van der Waals surface area contributed by atoms with Crippen molar-refractivity contribution in [3.05, 3.63) is 95.6 Å². The van der Waals surface area contributed by atoms with E-state index in [1.54, 1.807) is 24.3 Å². The van der Waals surface area contributed by atoms with Crippen LogP contribution in [-0.4, -0.2) is 42.9 Å². The molecular weight excluding hydrogens is 548 g/mol. The van der Waals surface area contributed by atoms with Crippen molar-refractivity contribution in [2.24, 2.45) is 23.7 Å². The highest BCUT2D eigenvalue weighted by molar-refractivity contribution is 6.22. The molecule has 43 heavy (non-hydrogen) atoms. The minimum Gasteiger partial charge on any atom is -0.462 e. The van der Waals surface area contributed by atoms with E-state index >= 15 is 0 Å². The quantitative estimate of drug-likeness (QED) is 0.280. The summed E-state index contributed by atoms with van der Waals surface area (Å²) in [6, 6.07) is 22.5. The van der Waals surface area contributed by atoms with Crippen LogP contribution in [-0.2, 0) is 23.9 Å². The number of hydrogen-bond donors (Lipinski definition) is 1. The van der Waals surface area contributed by atoms with Crippen molar-refractivity contribution < 1.29 is 33.4 Å². The number of hydrogen-bond acceptors (Lipinski definition) is 7. The lowest BCUT2D eigenvalue weighted by Gasteiger charge is -2.28. The van der Waals surface area contributed by atoms with Gasteiger partial charge < -0.3 is 14.8 Å². The van der Waals surface area contributed by atoms with Gasteiger partial charge in [0.2, 0.25) is 11.8 Å². The molecule has 0 unspecified atom stereocenters. The Bertz CT molecular complexity index is 1550. The summed E-state index contributed by atoms with van der Waals surface area (Å²) in [7, 11) is 0. The first-order chi connectivity index (χ1) is 20.9. The molecule has 3 fully saturated rings. The van der Waals surface area contributed by atoms with Gasteiger partial charge in [-0.05, 0) is 91.1 Å². The largest absolute Gasteiger partial charge is 0.462 e. The monoisotopic (exact) mass is 580 g/mol. The van der Waals surface area contributed by atoms with Crippen molar-refractivity contribution in [3.8, 4) is 0 Å². The number of rotatable bonds is 9. The summed E-state index contributed by atoms with van der Waals surface area (Å²) in [6.45, 7) is 1.72. The number of nitrogens with one attached hydrogen (secondary N) is 1. The second kappa shape index (κ2) is 11.8. The fourth-order valence-electron chi connectivity index (χ4n) is 6.92. The van der Waals surface area contributed by atoms with Gasteiger partial charge in [-0.25, -0.2) is 9.59 Å². The Balaban J connectivity index is 1.04. The zero-order valence-electron chi connectivity index (χ0n) is 23.7. The molecule has 3 aromatic carbocycles. The van der Waals surface area contributed by atoms with Gasteiger partial charge in [-0.15, -0.1) is 0 Å². The first kappa shape index (κ1) is 28.3. The zero-order chi connectivity index (χ0) is 30.1. The van der Waals surface area contributed by atoms with Gasteiger partial charge in [0.1, 0.15) is 0 Å². The van der Waals surface area contributed by atoms with Crippen LogP contribution in [0.5, 0.6) is 0 Å². The zero-order valence-corrected chi connectivity index (χ0v) is 23.7. The van der Waals surface area contributed by atoms with Crippen molar-refractivity contribution in [1.82, 2.24) is 0 Å². The summed E-state index contributed by atoms with van der Waals surface area (Å²) in [4.78, 5) is 65.1. The highest BCUT2D eigenvalue weighted by Crippen LogP contribution is 2.61. The minimum absolute atomic E-state index is 0.152. The van der Waals surface area contributed by atoms with E-state index < -0.39 is 24.5 Å². The summed E-state index contributed by atoms with van der Waals surface area (Å²) < 4.78 is 10.2. The average molecular weight is 581 g/mol. The van der Waals surface area contributed by atoms with Crippen molar-refractivity contribution in [3.63, 3.8) is 0 Å². The second-order valence-corrected chi connectivity index (χ2v) is 11.4. The lowest BCUT2D eigenvalue weighted by atomic mass is 9.73. The SMILES string of the molecule is CCCOC(=O)c1ccc(NC(=O)COC(=O)c2ccc(N3C(=O)[C@@H]4[C@@H]5C[C@@H]([C@@H]4C3=O)[C@@H](c3ccccc3)C5)cc2)cc1. The van der Waals surface area contributed by atoms with Crippen molar-refractivity contribution >= 4 is 41.0 Å². The van der Waals surface area contributed by atoms with Gasteiger partial charge in [0.15, 0.2) is 6.61 Å². The van der Waals surface area contributed by atoms with Crippen LogP contribution < -0.4 is 10.2 Å². The first-order valence-corrected chi connectivity index (χ1v) is 14.6. The third kappa shape index (κ3) is 5.43. The normalized spacial score (nSPS) is 23.7. The molecule has 0 aromatic heterocycles. The fraction of sp³-hybridized carbons (Fsp3) is 0.324. The van der Waals surface area contributed by atoms with Crippen molar-refractivity contribution in [2.75, 3.05) is 23.4 Å². The molecule has 1 aliphatic heterocycles. The molecule has 5 atom stereocenters. The Morgan fingerprint density at radius 1 is 0.791 bits per heavy atom. The van der Waals surface area contributed by atoms with Crippen LogP contribution in [0.2, 0.25) is 0 Å². The van der Waals surface area contributed by atoms with E-state index in [0.717, 1.165) is 19.3 Å². The Labute approximate surface area is 249 Å². The summed E-state index contributed by atoms with van der Waals surface area (Å²) in [5.74, 6) is -1.99. The number of fused-ring (bicyclic) bond motifs is 5. The van der Waals surface area contributed by atoms with Gasteiger partial charge in [0, 0.05) is 5.69 Å². The van der Waals surface area contributed by atoms with Crippen LogP contribution >= 0.6 is 0 Å². The molecule has 2 aliphatic carbocycles. The molecule has 3 aliphatic rings. The molecule has 9 nitrogen and oxygen atoms in total. The highest BCUT2D eigenvalue weighted by atomic mass is 16.5. The van der Waals surface area contributed by atoms with Crippen LogP contribution in [0.3, 0.4) is 0 Å². The van der Waals surface area contributed by atoms with Crippen molar-refractivity contribution in [2.45, 2.75) is 32.1 Å². The Hall–Kier alpha value is -4.79. The molecule has 9 heteroatoms. The van der Waals surface area contributed by atoms with Gasteiger partial charge in [-0.1, -0.05) is 37.3 Å². The van der Waals surface area contributed by atoms with Crippen LogP contribution in [0.25, 0.3) is 0 Å². The van der Waals surface area contributed by atoms with E-state index in [4.69, 9.17) is 9.47 Å². The molecule has 0 radical (unpaired) electrons. The maximum Gasteiger partial charge on any atom is 0.338 e. The van der Waals surface area contributed by atoms with E-state index in [-0.39, 0.29) is 47.0 Å². The van der Waals surface area contributed by atoms with Gasteiger partial charge in [-0.3, -0.25) is 19.3 Å². The molecule has 220 valence electrons. The lowest BCUT2D eigenvalue weighted by molar-refractivity contribution is -0.123. The summed E-state index contributed by atoms with van der Waals surface area (Å²) in [5, 5.41) is 2.61. The smallest absolute Gasteiger partial charge is 0.338 e. The standard InChI is InChI=1S/C34H32N2O7/c1-2-16-42-33(40)21-8-12-24(13-9-21)35-28(37)19-43-34(41)22-10-14-25(15-11-22)36-31(38)29-23-17-26(20-6-4-3-5-7-20)27(18-23)30(29)32(36)39/h3-15,23,26-27,29-30H,2,16-19H2,1H3,(H,35,37)/t23-,26+,27+,29+,30-/m0/s1. The third-order valence-corrected chi connectivity index (χ3v) is 8.78. The van der Waals surface area contributed by atoms with E-state index in [0.29, 0.717) is 23.5 Å². The number of ether oxygens (including phenoxy) is 2. The number of benzene rings is 3. The molecule has 2 bridgehead atoms. The van der Waals surface area contributed by atoms with Crippen LogP contribution in [0.4, 0.5) is 11.4 Å². The van der Waals surface area contributed by atoms with E-state index in [1.165, 1.54) is 34.7 Å². The molecule has 1 saturated heterocycles. The third-order valence-electron chi connectivity index (χ3n) is 8.78. The van der Waals surface area contributed by atoms with Gasteiger partial charge in [0.25, 0.3) is 5.91 Å². The molecule has 3 aromatic rings. The molecule has 0 spiro atoms. The fourth-order valence-corrected chi connectivity index (χ4v) is 6.92. The Kier molecular flexibility index (Phi) is 7.80. The first-order valence-electron chi connectivity index (χ1n) is 14.6.